The average Bonchev–Trinajstić information content (AvgIpc) is 2.98. The maximum absolute atomic E-state index is 4.47. The van der Waals surface area contributed by atoms with Crippen LogP contribution in [0.4, 0.5) is 0 Å². The molecule has 108 valence electrons. The number of hydrogen-bond donors (Lipinski definition) is 0. The largest absolute Gasteiger partial charge is 0.157 e. The number of aryl methyl sites for hydroxylation is 1. The summed E-state index contributed by atoms with van der Waals surface area (Å²) >= 11 is 1.67. The van der Waals surface area contributed by atoms with E-state index < -0.39 is 0 Å². The standard InChI is InChI=1S/C19H16N2S/c1-15-12-13-22-18(15)14-20-21-19(16-8-4-2-5-9-16)17-10-6-3-7-11-17/h2-14H,1H3/b20-14-. The van der Waals surface area contributed by atoms with E-state index >= 15 is 0 Å². The first kappa shape index (κ1) is 14.4. The zero-order chi connectivity index (χ0) is 15.2. The van der Waals surface area contributed by atoms with E-state index in [0.717, 1.165) is 21.7 Å². The molecule has 0 N–H and O–H groups in total. The fraction of sp³-hybridized carbons (Fsp3) is 0.0526. The Labute approximate surface area is 134 Å². The molecule has 0 amide bonds. The van der Waals surface area contributed by atoms with Crippen LogP contribution in [-0.4, -0.2) is 11.9 Å². The maximum atomic E-state index is 4.47. The van der Waals surface area contributed by atoms with E-state index in [1.165, 1.54) is 5.56 Å². The van der Waals surface area contributed by atoms with Crippen molar-refractivity contribution in [3.05, 3.63) is 93.7 Å². The van der Waals surface area contributed by atoms with E-state index in [0.29, 0.717) is 0 Å². The van der Waals surface area contributed by atoms with Crippen molar-refractivity contribution >= 4 is 23.3 Å². The highest BCUT2D eigenvalue weighted by Gasteiger charge is 2.05. The van der Waals surface area contributed by atoms with E-state index in [2.05, 4.69) is 52.8 Å². The second-order valence-electron chi connectivity index (χ2n) is 4.89. The molecule has 2 aromatic carbocycles. The molecule has 0 spiro atoms. The number of benzene rings is 2. The van der Waals surface area contributed by atoms with Gasteiger partial charge in [-0.15, -0.1) is 16.4 Å². The molecular formula is C19H16N2S. The normalized spacial score (nSPS) is 10.8. The maximum Gasteiger partial charge on any atom is 0.100 e. The van der Waals surface area contributed by atoms with Gasteiger partial charge in [-0.3, -0.25) is 0 Å². The smallest absolute Gasteiger partial charge is 0.100 e. The van der Waals surface area contributed by atoms with E-state index in [-0.39, 0.29) is 0 Å². The summed E-state index contributed by atoms with van der Waals surface area (Å²) in [5, 5.41) is 10.8. The molecule has 3 rings (SSSR count). The Hall–Kier alpha value is -2.52. The van der Waals surface area contributed by atoms with Crippen LogP contribution in [0, 0.1) is 6.92 Å². The van der Waals surface area contributed by atoms with Gasteiger partial charge in [-0.05, 0) is 23.9 Å². The highest BCUT2D eigenvalue weighted by molar-refractivity contribution is 7.11. The van der Waals surface area contributed by atoms with Crippen LogP contribution >= 0.6 is 11.3 Å². The fourth-order valence-electron chi connectivity index (χ4n) is 2.13. The van der Waals surface area contributed by atoms with Gasteiger partial charge < -0.3 is 0 Å². The van der Waals surface area contributed by atoms with Crippen molar-refractivity contribution in [3.63, 3.8) is 0 Å². The fourth-order valence-corrected chi connectivity index (χ4v) is 2.91. The van der Waals surface area contributed by atoms with Crippen molar-refractivity contribution in [3.8, 4) is 0 Å². The lowest BCUT2D eigenvalue weighted by atomic mass is 10.0. The molecule has 0 atom stereocenters. The third-order valence-corrected chi connectivity index (χ3v) is 4.28. The topological polar surface area (TPSA) is 24.7 Å². The number of nitrogens with zero attached hydrogens (tertiary/aromatic N) is 2. The summed E-state index contributed by atoms with van der Waals surface area (Å²) in [4.78, 5) is 1.14. The molecule has 0 aliphatic carbocycles. The van der Waals surface area contributed by atoms with Gasteiger partial charge in [0.05, 0.1) is 11.1 Å². The molecule has 0 saturated heterocycles. The second kappa shape index (κ2) is 6.96. The predicted octanol–water partition coefficient (Wildman–Crippen LogP) is 4.93. The molecule has 3 aromatic rings. The molecule has 0 aliphatic heterocycles. The Balaban J connectivity index is 1.97. The van der Waals surface area contributed by atoms with Crippen molar-refractivity contribution in [2.24, 2.45) is 10.2 Å². The van der Waals surface area contributed by atoms with Gasteiger partial charge in [0.25, 0.3) is 0 Å². The van der Waals surface area contributed by atoms with Gasteiger partial charge in [0.2, 0.25) is 0 Å². The third kappa shape index (κ3) is 3.38. The molecule has 0 fully saturated rings. The molecule has 2 nitrogen and oxygen atoms in total. The van der Waals surface area contributed by atoms with Gasteiger partial charge >= 0.3 is 0 Å². The number of thiophene rings is 1. The van der Waals surface area contributed by atoms with Gasteiger partial charge in [-0.2, -0.15) is 5.10 Å². The van der Waals surface area contributed by atoms with Gasteiger partial charge in [-0.1, -0.05) is 60.7 Å². The van der Waals surface area contributed by atoms with Crippen LogP contribution < -0.4 is 0 Å². The quantitative estimate of drug-likeness (QED) is 0.482. The predicted molar refractivity (Wildman–Crippen MR) is 95.2 cm³/mol. The Morgan fingerprint density at radius 1 is 0.864 bits per heavy atom. The lowest BCUT2D eigenvalue weighted by Crippen LogP contribution is -2.02. The van der Waals surface area contributed by atoms with Crippen molar-refractivity contribution in [1.29, 1.82) is 0 Å². The van der Waals surface area contributed by atoms with Crippen LogP contribution in [0.25, 0.3) is 0 Å². The van der Waals surface area contributed by atoms with Gasteiger partial charge in [0.1, 0.15) is 5.71 Å². The van der Waals surface area contributed by atoms with Crippen LogP contribution in [0.3, 0.4) is 0 Å². The van der Waals surface area contributed by atoms with Crippen LogP contribution in [0.1, 0.15) is 21.6 Å². The minimum atomic E-state index is 0.881. The lowest BCUT2D eigenvalue weighted by Gasteiger charge is -2.04. The molecule has 22 heavy (non-hydrogen) atoms. The highest BCUT2D eigenvalue weighted by atomic mass is 32.1. The Kier molecular flexibility index (Phi) is 4.56. The SMILES string of the molecule is Cc1ccsc1/C=N\N=C(c1ccccc1)c1ccccc1. The molecule has 1 heterocycles. The van der Waals surface area contributed by atoms with Crippen molar-refractivity contribution in [2.75, 3.05) is 0 Å². The zero-order valence-electron chi connectivity index (χ0n) is 12.3. The first-order valence-corrected chi connectivity index (χ1v) is 7.98. The second-order valence-corrected chi connectivity index (χ2v) is 5.84. The molecule has 3 heteroatoms. The molecule has 0 saturated carbocycles. The monoisotopic (exact) mass is 304 g/mol. The average molecular weight is 304 g/mol. The summed E-state index contributed by atoms with van der Waals surface area (Å²) in [7, 11) is 0. The Morgan fingerprint density at radius 3 is 1.95 bits per heavy atom. The van der Waals surface area contributed by atoms with Crippen LogP contribution in [-0.2, 0) is 0 Å². The van der Waals surface area contributed by atoms with Crippen LogP contribution in [0.15, 0.2) is 82.3 Å². The van der Waals surface area contributed by atoms with Crippen molar-refractivity contribution in [1.82, 2.24) is 0 Å². The van der Waals surface area contributed by atoms with Gasteiger partial charge in [0.15, 0.2) is 0 Å². The number of hydrogen-bond acceptors (Lipinski definition) is 3. The summed E-state index contributed by atoms with van der Waals surface area (Å²) in [6, 6.07) is 22.4. The van der Waals surface area contributed by atoms with E-state index in [1.807, 2.05) is 42.6 Å². The Morgan fingerprint density at radius 2 is 1.45 bits per heavy atom. The molecule has 0 radical (unpaired) electrons. The summed E-state index contributed by atoms with van der Waals surface area (Å²) in [6.45, 7) is 2.08. The lowest BCUT2D eigenvalue weighted by molar-refractivity contribution is 1.24. The summed E-state index contributed by atoms with van der Waals surface area (Å²) < 4.78 is 0. The molecule has 0 unspecified atom stereocenters. The van der Waals surface area contributed by atoms with Crippen molar-refractivity contribution < 1.29 is 0 Å². The van der Waals surface area contributed by atoms with E-state index in [9.17, 15) is 0 Å². The minimum Gasteiger partial charge on any atom is -0.157 e. The summed E-state index contributed by atoms with van der Waals surface area (Å²) in [5.74, 6) is 0. The first-order chi connectivity index (χ1) is 10.8. The molecule has 0 aliphatic rings. The summed E-state index contributed by atoms with van der Waals surface area (Å²) in [6.07, 6.45) is 1.83. The van der Waals surface area contributed by atoms with Gasteiger partial charge in [0, 0.05) is 11.1 Å². The van der Waals surface area contributed by atoms with E-state index in [4.69, 9.17) is 0 Å². The van der Waals surface area contributed by atoms with Crippen LogP contribution in [0.2, 0.25) is 0 Å². The zero-order valence-corrected chi connectivity index (χ0v) is 13.1. The molecule has 0 bridgehead atoms. The van der Waals surface area contributed by atoms with Gasteiger partial charge in [-0.25, -0.2) is 0 Å². The molecule has 1 aromatic heterocycles. The van der Waals surface area contributed by atoms with Crippen LogP contribution in [0.5, 0.6) is 0 Å². The minimum absolute atomic E-state index is 0.881. The highest BCUT2D eigenvalue weighted by Crippen LogP contribution is 2.14. The molecular weight excluding hydrogens is 288 g/mol. The Bertz CT molecular complexity index is 745. The summed E-state index contributed by atoms with van der Waals surface area (Å²) in [5.41, 5.74) is 4.24. The first-order valence-electron chi connectivity index (χ1n) is 7.10. The third-order valence-electron chi connectivity index (χ3n) is 3.33. The number of rotatable bonds is 4. The van der Waals surface area contributed by atoms with E-state index in [1.54, 1.807) is 11.3 Å². The van der Waals surface area contributed by atoms with Crippen molar-refractivity contribution in [2.45, 2.75) is 6.92 Å².